The van der Waals surface area contributed by atoms with Gasteiger partial charge in [-0.3, -0.25) is 0 Å². The van der Waals surface area contributed by atoms with Gasteiger partial charge in [0, 0.05) is 18.0 Å². The molecular formula is C21H27ClFNO2. The highest BCUT2D eigenvalue weighted by Gasteiger charge is 2.16. The largest absolute Gasteiger partial charge is 0.485 e. The standard InChI is InChI=1S/C21H27ClFNO2/c1-2-18(22)9-6-10-20(16-7-4-3-5-8-16)26-21-15-19(23)12-11-17(21)13-14-24-25/h3-5,7-8,11-12,15,18,20,24-25H,2,6,9-10,13-14H2,1H3. The zero-order valence-corrected chi connectivity index (χ0v) is 15.9. The van der Waals surface area contributed by atoms with E-state index >= 15 is 0 Å². The van der Waals surface area contributed by atoms with Crippen molar-refractivity contribution in [1.29, 1.82) is 0 Å². The maximum Gasteiger partial charge on any atom is 0.126 e. The molecule has 0 aromatic heterocycles. The molecule has 142 valence electrons. The summed E-state index contributed by atoms with van der Waals surface area (Å²) in [5.74, 6) is 0.186. The minimum atomic E-state index is -0.334. The second kappa shape index (κ2) is 11.2. The van der Waals surface area contributed by atoms with E-state index < -0.39 is 0 Å². The van der Waals surface area contributed by atoms with Crippen molar-refractivity contribution in [2.45, 2.75) is 50.5 Å². The molecule has 0 bridgehead atoms. The Morgan fingerprint density at radius 3 is 2.62 bits per heavy atom. The molecule has 2 N–H and O–H groups in total. The van der Waals surface area contributed by atoms with Gasteiger partial charge in [0.25, 0.3) is 0 Å². The lowest BCUT2D eigenvalue weighted by atomic mass is 10.0. The number of hydroxylamine groups is 1. The Bertz CT molecular complexity index is 654. The van der Waals surface area contributed by atoms with Crippen molar-refractivity contribution in [2.75, 3.05) is 6.54 Å². The van der Waals surface area contributed by atoms with Crippen molar-refractivity contribution < 1.29 is 14.3 Å². The number of halogens is 2. The van der Waals surface area contributed by atoms with Crippen LogP contribution in [0, 0.1) is 5.82 Å². The van der Waals surface area contributed by atoms with Gasteiger partial charge in [-0.25, -0.2) is 9.87 Å². The van der Waals surface area contributed by atoms with E-state index in [4.69, 9.17) is 21.5 Å². The number of ether oxygens (including phenoxy) is 1. The zero-order chi connectivity index (χ0) is 18.8. The van der Waals surface area contributed by atoms with Crippen molar-refractivity contribution in [3.63, 3.8) is 0 Å². The molecule has 0 amide bonds. The van der Waals surface area contributed by atoms with Crippen molar-refractivity contribution in [1.82, 2.24) is 5.48 Å². The Balaban J connectivity index is 2.16. The fraction of sp³-hybridized carbons (Fsp3) is 0.429. The van der Waals surface area contributed by atoms with Gasteiger partial charge in [-0.05, 0) is 49.3 Å². The molecule has 2 unspecified atom stereocenters. The number of hydrogen-bond acceptors (Lipinski definition) is 3. The SMILES string of the molecule is CCC(Cl)CCCC(Oc1cc(F)ccc1CCNO)c1ccccc1. The van der Waals surface area contributed by atoms with Crippen LogP contribution in [-0.4, -0.2) is 17.1 Å². The Morgan fingerprint density at radius 2 is 1.92 bits per heavy atom. The lowest BCUT2D eigenvalue weighted by Crippen LogP contribution is -2.14. The number of alkyl halides is 1. The Kier molecular flexibility index (Phi) is 8.89. The second-order valence-corrected chi connectivity index (χ2v) is 6.98. The van der Waals surface area contributed by atoms with E-state index in [1.54, 1.807) is 6.07 Å². The summed E-state index contributed by atoms with van der Waals surface area (Å²) in [5.41, 5.74) is 4.05. The molecule has 0 heterocycles. The molecule has 0 radical (unpaired) electrons. The molecule has 0 aliphatic heterocycles. The zero-order valence-electron chi connectivity index (χ0n) is 15.1. The molecular weight excluding hydrogens is 353 g/mol. The number of rotatable bonds is 11. The second-order valence-electron chi connectivity index (χ2n) is 6.36. The number of nitrogens with one attached hydrogen (secondary N) is 1. The van der Waals surface area contributed by atoms with E-state index in [9.17, 15) is 4.39 Å². The van der Waals surface area contributed by atoms with Crippen molar-refractivity contribution in [2.24, 2.45) is 0 Å². The summed E-state index contributed by atoms with van der Waals surface area (Å²) in [6.07, 6.45) is 3.99. The normalized spacial score (nSPS) is 13.4. The van der Waals surface area contributed by atoms with Crippen LogP contribution in [0.15, 0.2) is 48.5 Å². The maximum absolute atomic E-state index is 13.8. The smallest absolute Gasteiger partial charge is 0.126 e. The van der Waals surface area contributed by atoms with Crippen molar-refractivity contribution >= 4 is 11.6 Å². The molecule has 0 aliphatic rings. The molecule has 0 saturated heterocycles. The summed E-state index contributed by atoms with van der Waals surface area (Å²) < 4.78 is 20.0. The molecule has 5 heteroatoms. The quantitative estimate of drug-likeness (QED) is 0.391. The molecule has 3 nitrogen and oxygen atoms in total. The number of hydrogen-bond donors (Lipinski definition) is 2. The van der Waals surface area contributed by atoms with Crippen LogP contribution < -0.4 is 10.2 Å². The Morgan fingerprint density at radius 1 is 1.15 bits per heavy atom. The van der Waals surface area contributed by atoms with Gasteiger partial charge < -0.3 is 9.94 Å². The predicted molar refractivity (Wildman–Crippen MR) is 103 cm³/mol. The maximum atomic E-state index is 13.8. The summed E-state index contributed by atoms with van der Waals surface area (Å²) >= 11 is 6.24. The number of benzene rings is 2. The van der Waals surface area contributed by atoms with Crippen LogP contribution in [0.4, 0.5) is 4.39 Å². The van der Waals surface area contributed by atoms with E-state index in [0.717, 1.165) is 36.8 Å². The van der Waals surface area contributed by atoms with Crippen molar-refractivity contribution in [3.8, 4) is 5.75 Å². The van der Waals surface area contributed by atoms with E-state index in [1.807, 2.05) is 30.3 Å². The predicted octanol–water partition coefficient (Wildman–Crippen LogP) is 5.65. The van der Waals surface area contributed by atoms with Gasteiger partial charge in [0.1, 0.15) is 17.7 Å². The summed E-state index contributed by atoms with van der Waals surface area (Å²) in [4.78, 5) is 0. The van der Waals surface area contributed by atoms with E-state index in [1.165, 1.54) is 12.1 Å². The fourth-order valence-electron chi connectivity index (χ4n) is 2.88. The van der Waals surface area contributed by atoms with Crippen LogP contribution in [0.2, 0.25) is 0 Å². The molecule has 2 atom stereocenters. The molecule has 0 spiro atoms. The van der Waals surface area contributed by atoms with Gasteiger partial charge >= 0.3 is 0 Å². The van der Waals surface area contributed by atoms with Crippen LogP contribution in [0.25, 0.3) is 0 Å². The minimum absolute atomic E-state index is 0.167. The summed E-state index contributed by atoms with van der Waals surface area (Å²) in [5, 5.41) is 9.02. The molecule has 26 heavy (non-hydrogen) atoms. The molecule has 0 fully saturated rings. The highest BCUT2D eigenvalue weighted by molar-refractivity contribution is 6.20. The third-order valence-corrected chi connectivity index (χ3v) is 4.93. The highest BCUT2D eigenvalue weighted by atomic mass is 35.5. The monoisotopic (exact) mass is 379 g/mol. The third kappa shape index (κ3) is 6.60. The minimum Gasteiger partial charge on any atom is -0.485 e. The fourth-order valence-corrected chi connectivity index (χ4v) is 3.03. The molecule has 2 rings (SSSR count). The first kappa shape index (κ1) is 20.7. The van der Waals surface area contributed by atoms with Crippen LogP contribution in [0.1, 0.15) is 49.8 Å². The van der Waals surface area contributed by atoms with Gasteiger partial charge in [-0.1, -0.05) is 43.3 Å². The van der Waals surface area contributed by atoms with E-state index in [2.05, 4.69) is 12.4 Å². The lowest BCUT2D eigenvalue weighted by Gasteiger charge is -2.22. The molecule has 0 saturated carbocycles. The van der Waals surface area contributed by atoms with Gasteiger partial charge in [-0.2, -0.15) is 0 Å². The van der Waals surface area contributed by atoms with Crippen LogP contribution in [0.3, 0.4) is 0 Å². The van der Waals surface area contributed by atoms with Gasteiger partial charge in [0.15, 0.2) is 0 Å². The molecule has 0 aliphatic carbocycles. The molecule has 2 aromatic carbocycles. The summed E-state index contributed by atoms with van der Waals surface area (Å²) in [6.45, 7) is 2.46. The van der Waals surface area contributed by atoms with Gasteiger partial charge in [-0.15, -0.1) is 11.6 Å². The topological polar surface area (TPSA) is 41.5 Å². The van der Waals surface area contributed by atoms with Crippen LogP contribution in [0.5, 0.6) is 5.75 Å². The first-order valence-corrected chi connectivity index (χ1v) is 9.58. The summed E-state index contributed by atoms with van der Waals surface area (Å²) in [7, 11) is 0. The van der Waals surface area contributed by atoms with Gasteiger partial charge in [0.2, 0.25) is 0 Å². The average Bonchev–Trinajstić information content (AvgIpc) is 2.67. The first-order chi connectivity index (χ1) is 12.6. The van der Waals surface area contributed by atoms with E-state index in [0.29, 0.717) is 18.7 Å². The van der Waals surface area contributed by atoms with E-state index in [-0.39, 0.29) is 17.3 Å². The molecule has 2 aromatic rings. The van der Waals surface area contributed by atoms with Gasteiger partial charge in [0.05, 0.1) is 0 Å². The van der Waals surface area contributed by atoms with Crippen molar-refractivity contribution in [3.05, 3.63) is 65.5 Å². The van der Waals surface area contributed by atoms with Crippen LogP contribution >= 0.6 is 11.6 Å². The highest BCUT2D eigenvalue weighted by Crippen LogP contribution is 2.30. The first-order valence-electron chi connectivity index (χ1n) is 9.15. The average molecular weight is 380 g/mol. The lowest BCUT2D eigenvalue weighted by molar-refractivity contribution is 0.166. The third-order valence-electron chi connectivity index (χ3n) is 4.40. The Hall–Kier alpha value is -1.62. The summed E-state index contributed by atoms with van der Waals surface area (Å²) in [6, 6.07) is 14.5. The Labute approximate surface area is 160 Å². The van der Waals surface area contributed by atoms with Crippen LogP contribution in [-0.2, 0) is 6.42 Å².